The molecule has 1 aliphatic heterocycles. The van der Waals surface area contributed by atoms with Crippen molar-refractivity contribution in [2.45, 2.75) is 51.0 Å². The molecule has 1 atom stereocenters. The first-order valence-electron chi connectivity index (χ1n) is 8.77. The summed E-state index contributed by atoms with van der Waals surface area (Å²) in [5.41, 5.74) is -0.212. The number of carbonyl (C=O) groups is 1. The summed E-state index contributed by atoms with van der Waals surface area (Å²) in [6, 6.07) is 4.58. The molecule has 0 aliphatic carbocycles. The van der Waals surface area contributed by atoms with Gasteiger partial charge in [0.2, 0.25) is 10.0 Å². The molecule has 1 fully saturated rings. The molecule has 1 unspecified atom stereocenters. The van der Waals surface area contributed by atoms with Crippen molar-refractivity contribution in [2.24, 2.45) is 0 Å². The first-order chi connectivity index (χ1) is 12.4. The zero-order chi connectivity index (χ0) is 20.4. The summed E-state index contributed by atoms with van der Waals surface area (Å²) in [4.78, 5) is 13.9. The highest BCUT2D eigenvalue weighted by Gasteiger charge is 2.34. The predicted octanol–water partition coefficient (Wildman–Crippen LogP) is 4.15. The lowest BCUT2D eigenvalue weighted by atomic mass is 10.1. The second-order valence-corrected chi connectivity index (χ2v) is 10.5. The van der Waals surface area contributed by atoms with Gasteiger partial charge in [-0.1, -0.05) is 29.3 Å². The molecule has 0 spiro atoms. The lowest BCUT2D eigenvalue weighted by Gasteiger charge is -2.37. The number of piperidine rings is 1. The van der Waals surface area contributed by atoms with Crippen molar-refractivity contribution < 1.29 is 17.9 Å². The number of hydrogen-bond acceptors (Lipinski definition) is 4. The molecule has 1 aliphatic rings. The Kier molecular flexibility index (Phi) is 7.06. The number of likely N-dealkylation sites (N-methyl/N-ethyl adjacent to an activating group) is 1. The summed E-state index contributed by atoms with van der Waals surface area (Å²) in [5, 5.41) is 0.636. The van der Waals surface area contributed by atoms with Crippen LogP contribution in [-0.2, 0) is 20.5 Å². The molecule has 0 saturated carbocycles. The summed E-state index contributed by atoms with van der Waals surface area (Å²) in [7, 11) is -2.13. The molecule has 152 valence electrons. The van der Waals surface area contributed by atoms with Crippen LogP contribution in [0.5, 0.6) is 0 Å². The number of nitrogens with zero attached hydrogens (tertiary/aromatic N) is 2. The molecule has 27 heavy (non-hydrogen) atoms. The van der Waals surface area contributed by atoms with Gasteiger partial charge in [-0.25, -0.2) is 13.2 Å². The molecule has 0 aromatic heterocycles. The Morgan fingerprint density at radius 3 is 2.44 bits per heavy atom. The fourth-order valence-electron chi connectivity index (χ4n) is 2.93. The Bertz CT molecular complexity index is 773. The Balaban J connectivity index is 2.11. The number of amides is 1. The summed E-state index contributed by atoms with van der Waals surface area (Å²) < 4.78 is 32.5. The average molecular weight is 437 g/mol. The van der Waals surface area contributed by atoms with Crippen molar-refractivity contribution in [3.05, 3.63) is 33.8 Å². The molecule has 2 rings (SSSR count). The molecule has 0 bridgehead atoms. The third-order valence-electron chi connectivity index (χ3n) is 4.39. The van der Waals surface area contributed by atoms with Gasteiger partial charge in [0.25, 0.3) is 0 Å². The minimum absolute atomic E-state index is 0.287. The first kappa shape index (κ1) is 22.3. The summed E-state index contributed by atoms with van der Waals surface area (Å²) in [6.07, 6.45) is 0.953. The SMILES string of the molecule is CN(C1CCCN(C(=O)OC(C)(C)C)C1)S(=O)(=O)Cc1c(Cl)cccc1Cl. The van der Waals surface area contributed by atoms with Crippen molar-refractivity contribution in [3.8, 4) is 0 Å². The topological polar surface area (TPSA) is 66.9 Å². The fourth-order valence-corrected chi connectivity index (χ4v) is 5.12. The van der Waals surface area contributed by atoms with Gasteiger partial charge < -0.3 is 9.64 Å². The van der Waals surface area contributed by atoms with E-state index in [0.29, 0.717) is 41.5 Å². The summed E-state index contributed by atoms with van der Waals surface area (Å²) in [5.74, 6) is -0.287. The van der Waals surface area contributed by atoms with E-state index in [1.165, 1.54) is 11.4 Å². The van der Waals surface area contributed by atoms with E-state index in [4.69, 9.17) is 27.9 Å². The molecule has 1 saturated heterocycles. The van der Waals surface area contributed by atoms with Crippen molar-refractivity contribution in [1.82, 2.24) is 9.21 Å². The monoisotopic (exact) mass is 436 g/mol. The number of hydrogen-bond donors (Lipinski definition) is 0. The molecule has 1 aromatic carbocycles. The van der Waals surface area contributed by atoms with E-state index < -0.39 is 21.7 Å². The van der Waals surface area contributed by atoms with E-state index in [1.807, 2.05) is 0 Å². The maximum absolute atomic E-state index is 12.9. The Morgan fingerprint density at radius 1 is 1.30 bits per heavy atom. The Hall–Kier alpha value is -1.02. The van der Waals surface area contributed by atoms with Gasteiger partial charge in [-0.15, -0.1) is 0 Å². The van der Waals surface area contributed by atoms with Crippen LogP contribution in [0.2, 0.25) is 10.0 Å². The van der Waals surface area contributed by atoms with Gasteiger partial charge >= 0.3 is 6.09 Å². The van der Waals surface area contributed by atoms with Crippen molar-refractivity contribution in [3.63, 3.8) is 0 Å². The first-order valence-corrected chi connectivity index (χ1v) is 11.1. The van der Waals surface area contributed by atoms with Crippen LogP contribution in [0.3, 0.4) is 0 Å². The van der Waals surface area contributed by atoms with E-state index in [9.17, 15) is 13.2 Å². The van der Waals surface area contributed by atoms with E-state index >= 15 is 0 Å². The number of benzene rings is 1. The highest BCUT2D eigenvalue weighted by atomic mass is 35.5. The smallest absolute Gasteiger partial charge is 0.410 e. The van der Waals surface area contributed by atoms with Crippen LogP contribution in [0, 0.1) is 0 Å². The van der Waals surface area contributed by atoms with Crippen molar-refractivity contribution >= 4 is 39.3 Å². The molecule has 0 N–H and O–H groups in total. The molecular formula is C18H26Cl2N2O4S. The van der Waals surface area contributed by atoms with Crippen LogP contribution in [0.1, 0.15) is 39.2 Å². The van der Waals surface area contributed by atoms with Gasteiger partial charge in [0.05, 0.1) is 5.75 Å². The van der Waals surface area contributed by atoms with Crippen LogP contribution < -0.4 is 0 Å². The molecule has 6 nitrogen and oxygen atoms in total. The number of likely N-dealkylation sites (tertiary alicyclic amines) is 1. The van der Waals surface area contributed by atoms with Crippen molar-refractivity contribution in [1.29, 1.82) is 0 Å². The third-order valence-corrected chi connectivity index (χ3v) is 6.93. The molecule has 1 aromatic rings. The minimum Gasteiger partial charge on any atom is -0.444 e. The average Bonchev–Trinajstić information content (AvgIpc) is 2.56. The van der Waals surface area contributed by atoms with E-state index in [-0.39, 0.29) is 11.8 Å². The lowest BCUT2D eigenvalue weighted by Crippen LogP contribution is -2.51. The van der Waals surface area contributed by atoms with Crippen molar-refractivity contribution in [2.75, 3.05) is 20.1 Å². The Morgan fingerprint density at radius 2 is 1.89 bits per heavy atom. The third kappa shape index (κ3) is 5.98. The van der Waals surface area contributed by atoms with Gasteiger partial charge in [0, 0.05) is 41.8 Å². The minimum atomic E-state index is -3.66. The van der Waals surface area contributed by atoms with Crippen LogP contribution in [-0.4, -0.2) is 55.5 Å². The zero-order valence-corrected chi connectivity index (χ0v) is 18.4. The number of sulfonamides is 1. The highest BCUT2D eigenvalue weighted by molar-refractivity contribution is 7.88. The van der Waals surface area contributed by atoms with E-state index in [0.717, 1.165) is 0 Å². The number of halogens is 2. The zero-order valence-electron chi connectivity index (χ0n) is 16.0. The summed E-state index contributed by atoms with van der Waals surface area (Å²) in [6.45, 7) is 6.25. The number of carbonyl (C=O) groups excluding carboxylic acids is 1. The normalized spacial score (nSPS) is 18.6. The van der Waals surface area contributed by atoms with Crippen LogP contribution >= 0.6 is 23.2 Å². The molecular weight excluding hydrogens is 411 g/mol. The van der Waals surface area contributed by atoms with Gasteiger partial charge in [0.15, 0.2) is 0 Å². The standard InChI is InChI=1S/C18H26Cl2N2O4S/c1-18(2,3)26-17(23)22-10-6-7-13(11-22)21(4)27(24,25)12-14-15(19)8-5-9-16(14)20/h5,8-9,13H,6-7,10-12H2,1-4H3. The Labute approximate surface area is 171 Å². The fraction of sp³-hybridized carbons (Fsp3) is 0.611. The molecule has 9 heteroatoms. The van der Waals surface area contributed by atoms with Gasteiger partial charge in [-0.3, -0.25) is 0 Å². The highest BCUT2D eigenvalue weighted by Crippen LogP contribution is 2.28. The number of ether oxygens (including phenoxy) is 1. The molecule has 0 radical (unpaired) electrons. The van der Waals surface area contributed by atoms with Crippen LogP contribution in [0.25, 0.3) is 0 Å². The predicted molar refractivity (Wildman–Crippen MR) is 108 cm³/mol. The molecule has 1 amide bonds. The van der Waals surface area contributed by atoms with Crippen LogP contribution in [0.4, 0.5) is 4.79 Å². The lowest BCUT2D eigenvalue weighted by molar-refractivity contribution is 0.0163. The van der Waals surface area contributed by atoms with E-state index in [1.54, 1.807) is 43.9 Å². The second-order valence-electron chi connectivity index (χ2n) is 7.70. The number of rotatable bonds is 4. The maximum Gasteiger partial charge on any atom is 0.410 e. The molecule has 1 heterocycles. The van der Waals surface area contributed by atoms with E-state index in [2.05, 4.69) is 0 Å². The second kappa shape index (κ2) is 8.55. The van der Waals surface area contributed by atoms with Gasteiger partial charge in [-0.2, -0.15) is 4.31 Å². The quantitative estimate of drug-likeness (QED) is 0.710. The van der Waals surface area contributed by atoms with Crippen LogP contribution in [0.15, 0.2) is 18.2 Å². The maximum atomic E-state index is 12.9. The van der Waals surface area contributed by atoms with Gasteiger partial charge in [0.1, 0.15) is 5.60 Å². The summed E-state index contributed by atoms with van der Waals surface area (Å²) >= 11 is 12.2. The van der Waals surface area contributed by atoms with Gasteiger partial charge in [-0.05, 0) is 45.7 Å². The largest absolute Gasteiger partial charge is 0.444 e.